The van der Waals surface area contributed by atoms with Crippen LogP contribution in [0.4, 0.5) is 0 Å². The summed E-state index contributed by atoms with van der Waals surface area (Å²) in [5, 5.41) is 4.24. The van der Waals surface area contributed by atoms with Crippen molar-refractivity contribution >= 4 is 40.2 Å². The van der Waals surface area contributed by atoms with E-state index in [1.165, 1.54) is 12.2 Å². The summed E-state index contributed by atoms with van der Waals surface area (Å²) in [6, 6.07) is 9.21. The molecule has 110 valence electrons. The Hall–Kier alpha value is -1.26. The first-order valence-electron chi connectivity index (χ1n) is 7.05. The van der Waals surface area contributed by atoms with Gasteiger partial charge in [0, 0.05) is 16.7 Å². The van der Waals surface area contributed by atoms with E-state index in [9.17, 15) is 4.79 Å². The molecule has 1 aliphatic rings. The van der Waals surface area contributed by atoms with E-state index in [1.807, 2.05) is 36.0 Å². The number of hydrogen-bond donors (Lipinski definition) is 1. The number of halogens is 1. The van der Waals surface area contributed by atoms with Crippen LogP contribution < -0.4 is 5.32 Å². The van der Waals surface area contributed by atoms with Crippen molar-refractivity contribution in [1.82, 2.24) is 10.3 Å². The van der Waals surface area contributed by atoms with Crippen LogP contribution >= 0.6 is 23.4 Å². The summed E-state index contributed by atoms with van der Waals surface area (Å²) in [5.41, 5.74) is 1.34. The topological polar surface area (TPSA) is 42.0 Å². The summed E-state index contributed by atoms with van der Waals surface area (Å²) < 4.78 is 0.155. The lowest BCUT2D eigenvalue weighted by Crippen LogP contribution is -2.36. The predicted molar refractivity (Wildman–Crippen MR) is 89.2 cm³/mol. The third kappa shape index (κ3) is 3.16. The maximum atomic E-state index is 12.5. The molecule has 5 heteroatoms. The number of hydrogen-bond acceptors (Lipinski definition) is 3. The Kier molecular flexibility index (Phi) is 4.09. The minimum absolute atomic E-state index is 0.0794. The van der Waals surface area contributed by atoms with Crippen LogP contribution in [0.2, 0.25) is 5.15 Å². The first-order chi connectivity index (χ1) is 10.1. The Labute approximate surface area is 133 Å². The van der Waals surface area contributed by atoms with Crippen LogP contribution in [0.5, 0.6) is 0 Å². The number of carbonyl (C=O) groups is 1. The summed E-state index contributed by atoms with van der Waals surface area (Å²) in [7, 11) is 0. The highest BCUT2D eigenvalue weighted by atomic mass is 35.5. The molecular formula is C16H17ClN2OS. The number of para-hydroxylation sites is 1. The van der Waals surface area contributed by atoms with Gasteiger partial charge in [-0.25, -0.2) is 4.98 Å². The van der Waals surface area contributed by atoms with Gasteiger partial charge in [0.2, 0.25) is 0 Å². The lowest BCUT2D eigenvalue weighted by atomic mass is 10.0. The molecule has 2 aromatic rings. The number of fused-ring (bicyclic) bond motifs is 1. The number of rotatable bonds is 3. The number of thioether (sulfide) groups is 1. The van der Waals surface area contributed by atoms with Crippen LogP contribution in [-0.2, 0) is 0 Å². The number of aromatic nitrogens is 1. The van der Waals surface area contributed by atoms with Gasteiger partial charge in [-0.1, -0.05) is 29.8 Å². The van der Waals surface area contributed by atoms with Crippen molar-refractivity contribution in [3.63, 3.8) is 0 Å². The maximum Gasteiger partial charge on any atom is 0.252 e. The summed E-state index contributed by atoms with van der Waals surface area (Å²) >= 11 is 7.96. The van der Waals surface area contributed by atoms with Crippen LogP contribution in [0.15, 0.2) is 30.3 Å². The van der Waals surface area contributed by atoms with E-state index in [2.05, 4.69) is 17.2 Å². The Morgan fingerprint density at radius 2 is 2.29 bits per heavy atom. The molecule has 3 nitrogen and oxygen atoms in total. The minimum atomic E-state index is -0.0794. The minimum Gasteiger partial charge on any atom is -0.351 e. The largest absolute Gasteiger partial charge is 0.351 e. The van der Waals surface area contributed by atoms with E-state index in [1.54, 1.807) is 6.07 Å². The second kappa shape index (κ2) is 5.85. The normalized spacial score (nSPS) is 21.6. The standard InChI is InChI=1S/C16H17ClN2OS/c1-16(7-4-8-21-16)10-18-15(20)12-9-14(17)19-13-6-3-2-5-11(12)13/h2-3,5-6,9H,4,7-8,10H2,1H3,(H,18,20). The van der Waals surface area contributed by atoms with Crippen LogP contribution in [0.25, 0.3) is 10.9 Å². The van der Waals surface area contributed by atoms with Crippen molar-refractivity contribution in [2.75, 3.05) is 12.3 Å². The van der Waals surface area contributed by atoms with Crippen molar-refractivity contribution in [3.05, 3.63) is 41.0 Å². The molecule has 0 radical (unpaired) electrons. The second-order valence-electron chi connectivity index (χ2n) is 5.59. The van der Waals surface area contributed by atoms with Crippen LogP contribution in [0.3, 0.4) is 0 Å². The van der Waals surface area contributed by atoms with Crippen LogP contribution in [-0.4, -0.2) is 27.9 Å². The summed E-state index contributed by atoms with van der Waals surface area (Å²) in [6.45, 7) is 2.90. The number of amides is 1. The summed E-state index contributed by atoms with van der Waals surface area (Å²) in [6.07, 6.45) is 2.37. The Balaban J connectivity index is 1.84. The van der Waals surface area contributed by atoms with Gasteiger partial charge >= 0.3 is 0 Å². The third-order valence-electron chi connectivity index (χ3n) is 3.85. The van der Waals surface area contributed by atoms with E-state index in [4.69, 9.17) is 11.6 Å². The highest BCUT2D eigenvalue weighted by molar-refractivity contribution is 8.00. The van der Waals surface area contributed by atoms with Crippen molar-refractivity contribution < 1.29 is 4.79 Å². The number of nitrogens with one attached hydrogen (secondary N) is 1. The molecule has 3 rings (SSSR count). The smallest absolute Gasteiger partial charge is 0.252 e. The maximum absolute atomic E-state index is 12.5. The van der Waals surface area contributed by atoms with Gasteiger partial charge in [-0.05, 0) is 37.7 Å². The summed E-state index contributed by atoms with van der Waals surface area (Å²) in [4.78, 5) is 16.8. The average molecular weight is 321 g/mol. The zero-order chi connectivity index (χ0) is 14.9. The van der Waals surface area contributed by atoms with E-state index < -0.39 is 0 Å². The molecule has 0 bridgehead atoms. The van der Waals surface area contributed by atoms with Crippen molar-refractivity contribution in [2.24, 2.45) is 0 Å². The lowest BCUT2D eigenvalue weighted by Gasteiger charge is -2.23. The van der Waals surface area contributed by atoms with Gasteiger partial charge in [-0.2, -0.15) is 11.8 Å². The number of nitrogens with zero attached hydrogens (tertiary/aromatic N) is 1. The van der Waals surface area contributed by atoms with Gasteiger partial charge < -0.3 is 5.32 Å². The van der Waals surface area contributed by atoms with Crippen molar-refractivity contribution in [2.45, 2.75) is 24.5 Å². The number of pyridine rings is 1. The first kappa shape index (κ1) is 14.7. The van der Waals surface area contributed by atoms with Crippen molar-refractivity contribution in [3.8, 4) is 0 Å². The quantitative estimate of drug-likeness (QED) is 0.872. The molecule has 0 saturated carbocycles. The van der Waals surface area contributed by atoms with Gasteiger partial charge in [0.25, 0.3) is 5.91 Å². The van der Waals surface area contributed by atoms with Crippen LogP contribution in [0.1, 0.15) is 30.1 Å². The fourth-order valence-corrected chi connectivity index (χ4v) is 4.11. The molecule has 0 aliphatic carbocycles. The molecule has 1 amide bonds. The van der Waals surface area contributed by atoms with Crippen LogP contribution in [0, 0.1) is 0 Å². The first-order valence-corrected chi connectivity index (χ1v) is 8.41. The molecule has 1 N–H and O–H groups in total. The fraction of sp³-hybridized carbons (Fsp3) is 0.375. The van der Waals surface area contributed by atoms with E-state index in [0.717, 1.165) is 17.3 Å². The molecule has 1 saturated heterocycles. The fourth-order valence-electron chi connectivity index (χ4n) is 2.67. The zero-order valence-electron chi connectivity index (χ0n) is 11.9. The predicted octanol–water partition coefficient (Wildman–Crippen LogP) is 3.90. The average Bonchev–Trinajstić information content (AvgIpc) is 2.91. The van der Waals surface area contributed by atoms with E-state index >= 15 is 0 Å². The monoisotopic (exact) mass is 320 g/mol. The molecule has 0 spiro atoms. The van der Waals surface area contributed by atoms with Crippen molar-refractivity contribution in [1.29, 1.82) is 0 Å². The zero-order valence-corrected chi connectivity index (χ0v) is 13.4. The van der Waals surface area contributed by atoms with E-state index in [-0.39, 0.29) is 10.7 Å². The molecule has 2 heterocycles. The molecular weight excluding hydrogens is 304 g/mol. The molecule has 1 aromatic heterocycles. The van der Waals surface area contributed by atoms with Gasteiger partial charge in [-0.3, -0.25) is 4.79 Å². The number of benzene rings is 1. The molecule has 1 fully saturated rings. The van der Waals surface area contributed by atoms with Gasteiger partial charge in [-0.15, -0.1) is 0 Å². The Bertz CT molecular complexity index is 683. The van der Waals surface area contributed by atoms with Gasteiger partial charge in [0.1, 0.15) is 5.15 Å². The second-order valence-corrected chi connectivity index (χ2v) is 7.66. The molecule has 1 aromatic carbocycles. The highest BCUT2D eigenvalue weighted by Gasteiger charge is 2.30. The Morgan fingerprint density at radius 1 is 1.48 bits per heavy atom. The summed E-state index contributed by atoms with van der Waals surface area (Å²) in [5.74, 6) is 1.10. The SMILES string of the molecule is CC1(CNC(=O)c2cc(Cl)nc3ccccc23)CCCS1. The molecule has 21 heavy (non-hydrogen) atoms. The molecule has 1 aliphatic heterocycles. The highest BCUT2D eigenvalue weighted by Crippen LogP contribution is 2.37. The van der Waals surface area contributed by atoms with E-state index in [0.29, 0.717) is 17.3 Å². The Morgan fingerprint density at radius 3 is 3.05 bits per heavy atom. The molecule has 1 atom stereocenters. The third-order valence-corrected chi connectivity index (χ3v) is 5.58. The molecule has 1 unspecified atom stereocenters. The number of carbonyl (C=O) groups excluding carboxylic acids is 1. The van der Waals surface area contributed by atoms with Gasteiger partial charge in [0.15, 0.2) is 0 Å². The lowest BCUT2D eigenvalue weighted by molar-refractivity contribution is 0.0951. The van der Waals surface area contributed by atoms with Gasteiger partial charge in [0.05, 0.1) is 11.1 Å².